The normalized spacial score (nSPS) is 14.6. The Hall–Kier alpha value is -7.04. The molecule has 3 heteroatoms. The average Bonchev–Trinajstić information content (AvgIpc) is 3.96. The van der Waals surface area contributed by atoms with E-state index in [9.17, 15) is 5.11 Å². The van der Waals surface area contributed by atoms with Crippen molar-refractivity contribution in [3.8, 4) is 44.5 Å². The first-order valence-electron chi connectivity index (χ1n) is 21.3. The Morgan fingerprint density at radius 2 is 1.08 bits per heavy atom. The number of aliphatic hydroxyl groups excluding tert-OH is 1. The van der Waals surface area contributed by atoms with Crippen molar-refractivity contribution in [2.75, 3.05) is 11.5 Å². The summed E-state index contributed by atoms with van der Waals surface area (Å²) in [6.45, 7) is 0.190. The summed E-state index contributed by atoms with van der Waals surface area (Å²) in [5.41, 5.74) is 19.3. The van der Waals surface area contributed by atoms with Gasteiger partial charge in [-0.25, -0.2) is 0 Å². The Morgan fingerprint density at radius 3 is 1.87 bits per heavy atom. The molecule has 0 fully saturated rings. The van der Waals surface area contributed by atoms with E-state index in [0.717, 1.165) is 29.9 Å². The molecule has 0 saturated heterocycles. The van der Waals surface area contributed by atoms with Crippen molar-refractivity contribution in [3.63, 3.8) is 0 Å². The summed E-state index contributed by atoms with van der Waals surface area (Å²) in [4.78, 5) is 2.52. The molecule has 1 atom stereocenters. The summed E-state index contributed by atoms with van der Waals surface area (Å²) in [7, 11) is 0. The minimum atomic E-state index is -0.491. The molecule has 1 spiro atoms. The Labute approximate surface area is 360 Å². The lowest BCUT2D eigenvalue weighted by Crippen LogP contribution is -2.26. The number of thiophene rings is 1. The second kappa shape index (κ2) is 14.3. The average molecular weight is 800 g/mol. The van der Waals surface area contributed by atoms with E-state index in [4.69, 9.17) is 0 Å². The number of fused-ring (bicyclic) bond motifs is 13. The van der Waals surface area contributed by atoms with E-state index in [0.29, 0.717) is 0 Å². The van der Waals surface area contributed by atoms with E-state index < -0.39 is 5.41 Å². The molecule has 1 unspecified atom stereocenters. The van der Waals surface area contributed by atoms with Crippen LogP contribution in [0.5, 0.6) is 0 Å². The van der Waals surface area contributed by atoms with Crippen LogP contribution in [0.25, 0.3) is 64.7 Å². The number of hydrogen-bond acceptors (Lipinski definition) is 3. The van der Waals surface area contributed by atoms with Crippen molar-refractivity contribution < 1.29 is 5.11 Å². The highest BCUT2D eigenvalue weighted by molar-refractivity contribution is 7.26. The molecule has 0 radical (unpaired) electrons. The highest BCUT2D eigenvalue weighted by Crippen LogP contribution is 2.65. The fraction of sp³-hybridized carbons (Fsp3) is 0.0690. The molecule has 290 valence electrons. The van der Waals surface area contributed by atoms with Crippen molar-refractivity contribution in [3.05, 3.63) is 234 Å². The van der Waals surface area contributed by atoms with Gasteiger partial charge in [-0.1, -0.05) is 170 Å². The molecular formula is C58H41NOS. The van der Waals surface area contributed by atoms with Crippen LogP contribution in [0.1, 0.15) is 34.2 Å². The van der Waals surface area contributed by atoms with Gasteiger partial charge in [-0.2, -0.15) is 0 Å². The number of aryl methyl sites for hydroxylation is 1. The Morgan fingerprint density at radius 1 is 0.443 bits per heavy atom. The van der Waals surface area contributed by atoms with Gasteiger partial charge >= 0.3 is 0 Å². The molecule has 1 N–H and O–H groups in total. The standard InChI is InChI=1S/C58H41NOS/c60-34-14-15-38-28-33-52-48(35-38)44-20-7-10-23-50(44)58(52)51-24-11-8-22-46(51)56-53(58)25-13-26-54(56)59(42-31-29-40(30-32-42)39-16-3-1-4-17-39)43-36-47(41-18-5-2-6-19-41)57-49(37-43)45-21-9-12-27-55(45)61-57/h1-13,16-33,35-37,60H,14-15,34H2. The Kier molecular flexibility index (Phi) is 8.41. The maximum atomic E-state index is 9.72. The van der Waals surface area contributed by atoms with Crippen molar-refractivity contribution >= 4 is 48.6 Å². The van der Waals surface area contributed by atoms with E-state index in [2.05, 4.69) is 211 Å². The van der Waals surface area contributed by atoms with Gasteiger partial charge in [-0.05, 0) is 110 Å². The molecule has 9 aromatic carbocycles. The summed E-state index contributed by atoms with van der Waals surface area (Å²) >= 11 is 1.88. The van der Waals surface area contributed by atoms with Crippen molar-refractivity contribution in [2.45, 2.75) is 18.3 Å². The molecule has 0 saturated carbocycles. The van der Waals surface area contributed by atoms with Crippen LogP contribution in [0.4, 0.5) is 17.1 Å². The zero-order chi connectivity index (χ0) is 40.5. The van der Waals surface area contributed by atoms with E-state index in [1.165, 1.54) is 92.5 Å². The van der Waals surface area contributed by atoms with E-state index in [1.54, 1.807) is 0 Å². The number of aliphatic hydroxyl groups is 1. The predicted octanol–water partition coefficient (Wildman–Crippen LogP) is 15.1. The molecule has 2 aliphatic carbocycles. The number of benzene rings is 9. The van der Waals surface area contributed by atoms with Gasteiger partial charge in [-0.15, -0.1) is 11.3 Å². The first-order chi connectivity index (χ1) is 30.2. The molecule has 61 heavy (non-hydrogen) atoms. The molecule has 2 nitrogen and oxygen atoms in total. The Bertz CT molecular complexity index is 3290. The van der Waals surface area contributed by atoms with Crippen LogP contribution < -0.4 is 4.90 Å². The topological polar surface area (TPSA) is 23.5 Å². The molecular weight excluding hydrogens is 759 g/mol. The van der Waals surface area contributed by atoms with E-state index >= 15 is 0 Å². The van der Waals surface area contributed by atoms with Crippen molar-refractivity contribution in [2.24, 2.45) is 0 Å². The molecule has 0 aliphatic heterocycles. The molecule has 10 aromatic rings. The van der Waals surface area contributed by atoms with Crippen LogP contribution in [0.2, 0.25) is 0 Å². The quantitative estimate of drug-likeness (QED) is 0.165. The van der Waals surface area contributed by atoms with Crippen LogP contribution in [0, 0.1) is 0 Å². The summed E-state index contributed by atoms with van der Waals surface area (Å²) in [6, 6.07) is 76.5. The zero-order valence-electron chi connectivity index (χ0n) is 33.6. The van der Waals surface area contributed by atoms with Crippen LogP contribution >= 0.6 is 11.3 Å². The third-order valence-electron chi connectivity index (χ3n) is 13.1. The minimum absolute atomic E-state index is 0.190. The summed E-state index contributed by atoms with van der Waals surface area (Å²) in [6.07, 6.45) is 1.60. The van der Waals surface area contributed by atoms with Crippen LogP contribution in [-0.4, -0.2) is 11.7 Å². The maximum Gasteiger partial charge on any atom is 0.0726 e. The van der Waals surface area contributed by atoms with Gasteiger partial charge in [0.05, 0.1) is 11.1 Å². The Balaban J connectivity index is 1.15. The third-order valence-corrected chi connectivity index (χ3v) is 14.3. The van der Waals surface area contributed by atoms with E-state index in [-0.39, 0.29) is 6.61 Å². The monoisotopic (exact) mass is 799 g/mol. The van der Waals surface area contributed by atoms with Crippen molar-refractivity contribution in [1.82, 2.24) is 0 Å². The minimum Gasteiger partial charge on any atom is -0.396 e. The second-order valence-electron chi connectivity index (χ2n) is 16.3. The number of hydrogen-bond donors (Lipinski definition) is 1. The van der Waals surface area contributed by atoms with Gasteiger partial charge in [0.15, 0.2) is 0 Å². The highest BCUT2D eigenvalue weighted by Gasteiger charge is 2.52. The van der Waals surface area contributed by atoms with Crippen LogP contribution in [0.3, 0.4) is 0 Å². The van der Waals surface area contributed by atoms with Crippen LogP contribution in [0.15, 0.2) is 206 Å². The third kappa shape index (κ3) is 5.44. The van der Waals surface area contributed by atoms with Gasteiger partial charge in [0.2, 0.25) is 0 Å². The second-order valence-corrected chi connectivity index (χ2v) is 17.4. The zero-order valence-corrected chi connectivity index (χ0v) is 34.4. The fourth-order valence-corrected chi connectivity index (χ4v) is 11.7. The van der Waals surface area contributed by atoms with E-state index in [1.807, 2.05) is 11.3 Å². The van der Waals surface area contributed by atoms with Crippen LogP contribution in [-0.2, 0) is 11.8 Å². The van der Waals surface area contributed by atoms with Gasteiger partial charge in [0, 0.05) is 49.3 Å². The predicted molar refractivity (Wildman–Crippen MR) is 257 cm³/mol. The number of anilines is 3. The van der Waals surface area contributed by atoms with Gasteiger partial charge in [0.25, 0.3) is 0 Å². The highest BCUT2D eigenvalue weighted by atomic mass is 32.1. The molecule has 12 rings (SSSR count). The van der Waals surface area contributed by atoms with Gasteiger partial charge < -0.3 is 10.0 Å². The first kappa shape index (κ1) is 35.9. The fourth-order valence-electron chi connectivity index (χ4n) is 10.5. The lowest BCUT2D eigenvalue weighted by atomic mass is 9.70. The molecule has 0 amide bonds. The summed E-state index contributed by atoms with van der Waals surface area (Å²) < 4.78 is 2.59. The lowest BCUT2D eigenvalue weighted by molar-refractivity contribution is 0.288. The molecule has 1 heterocycles. The number of rotatable bonds is 8. The van der Waals surface area contributed by atoms with Gasteiger partial charge in [0.1, 0.15) is 0 Å². The molecule has 1 aromatic heterocycles. The van der Waals surface area contributed by atoms with Gasteiger partial charge in [-0.3, -0.25) is 0 Å². The number of nitrogens with zero attached hydrogens (tertiary/aromatic N) is 1. The maximum absolute atomic E-state index is 9.72. The summed E-state index contributed by atoms with van der Waals surface area (Å²) in [5.74, 6) is 0. The molecule has 0 bridgehead atoms. The largest absolute Gasteiger partial charge is 0.396 e. The van der Waals surface area contributed by atoms with Crippen molar-refractivity contribution in [1.29, 1.82) is 0 Å². The summed E-state index contributed by atoms with van der Waals surface area (Å²) in [5, 5.41) is 12.3. The SMILES string of the molecule is OCCCc1ccc2c(c1)-c1ccccc1C21c2ccccc2-c2c(N(c3ccc(-c4ccccc4)cc3)c3cc(-c4ccccc4)c4sc5ccccc5c4c3)cccc21. The smallest absolute Gasteiger partial charge is 0.0726 e. The molecule has 2 aliphatic rings. The first-order valence-corrected chi connectivity index (χ1v) is 22.1. The lowest BCUT2D eigenvalue weighted by Gasteiger charge is -2.32.